The summed E-state index contributed by atoms with van der Waals surface area (Å²) >= 11 is 0. The number of aliphatic hydroxyl groups is 1. The van der Waals surface area contributed by atoms with E-state index < -0.39 is 5.60 Å². The van der Waals surface area contributed by atoms with E-state index >= 15 is 0 Å². The van der Waals surface area contributed by atoms with Gasteiger partial charge in [0.1, 0.15) is 0 Å². The van der Waals surface area contributed by atoms with Gasteiger partial charge in [-0.25, -0.2) is 0 Å². The standard InChI is InChI=1S/C8H16N2O/c1-8(2,11)6-10-7-4-3-5-9-7/h11H,3-6H2,1-2H3,(H,9,10). The Balaban J connectivity index is 2.22. The van der Waals surface area contributed by atoms with Crippen molar-refractivity contribution >= 4 is 5.84 Å². The summed E-state index contributed by atoms with van der Waals surface area (Å²) in [5.41, 5.74) is -0.634. The molecule has 3 heteroatoms. The predicted molar refractivity (Wildman–Crippen MR) is 45.8 cm³/mol. The molecular weight excluding hydrogens is 140 g/mol. The van der Waals surface area contributed by atoms with Crippen LogP contribution in [0.5, 0.6) is 0 Å². The second kappa shape index (κ2) is 3.22. The molecule has 0 radical (unpaired) electrons. The number of nitrogens with zero attached hydrogens (tertiary/aromatic N) is 1. The summed E-state index contributed by atoms with van der Waals surface area (Å²) in [7, 11) is 0. The summed E-state index contributed by atoms with van der Waals surface area (Å²) in [5.74, 6) is 1.05. The average molecular weight is 156 g/mol. The number of hydrogen-bond donors (Lipinski definition) is 2. The summed E-state index contributed by atoms with van der Waals surface area (Å²) < 4.78 is 0. The van der Waals surface area contributed by atoms with Crippen molar-refractivity contribution in [3.63, 3.8) is 0 Å². The van der Waals surface area contributed by atoms with E-state index in [2.05, 4.69) is 10.3 Å². The molecule has 3 nitrogen and oxygen atoms in total. The maximum absolute atomic E-state index is 9.36. The highest BCUT2D eigenvalue weighted by atomic mass is 16.3. The van der Waals surface area contributed by atoms with Gasteiger partial charge in [-0.05, 0) is 20.3 Å². The van der Waals surface area contributed by atoms with Crippen molar-refractivity contribution in [2.24, 2.45) is 4.99 Å². The van der Waals surface area contributed by atoms with E-state index in [1.807, 2.05) is 0 Å². The van der Waals surface area contributed by atoms with Crippen LogP contribution in [0, 0.1) is 0 Å². The van der Waals surface area contributed by atoms with E-state index in [-0.39, 0.29) is 0 Å². The number of aliphatic imine (C=N–C) groups is 1. The molecule has 0 aliphatic carbocycles. The average Bonchev–Trinajstić information content (AvgIpc) is 2.32. The topological polar surface area (TPSA) is 44.6 Å². The lowest BCUT2D eigenvalue weighted by Gasteiger charge is -2.18. The van der Waals surface area contributed by atoms with Gasteiger partial charge in [0.2, 0.25) is 0 Å². The van der Waals surface area contributed by atoms with Gasteiger partial charge >= 0.3 is 0 Å². The largest absolute Gasteiger partial charge is 0.389 e. The molecule has 0 atom stereocenters. The van der Waals surface area contributed by atoms with Gasteiger partial charge in [-0.1, -0.05) is 0 Å². The van der Waals surface area contributed by atoms with Gasteiger partial charge in [0, 0.05) is 19.5 Å². The van der Waals surface area contributed by atoms with E-state index in [1.165, 1.54) is 0 Å². The third kappa shape index (κ3) is 3.37. The normalized spacial score (nSPS) is 18.3. The molecule has 1 rings (SSSR count). The molecule has 0 fully saturated rings. The zero-order chi connectivity index (χ0) is 8.32. The van der Waals surface area contributed by atoms with Crippen LogP contribution in [0.4, 0.5) is 0 Å². The van der Waals surface area contributed by atoms with Crippen LogP contribution in [0.1, 0.15) is 26.7 Å². The maximum Gasteiger partial charge on any atom is 0.0964 e. The molecule has 0 saturated carbocycles. The smallest absolute Gasteiger partial charge is 0.0964 e. The molecule has 0 spiro atoms. The molecule has 0 amide bonds. The van der Waals surface area contributed by atoms with Crippen LogP contribution in [0.3, 0.4) is 0 Å². The van der Waals surface area contributed by atoms with Crippen LogP contribution >= 0.6 is 0 Å². The first kappa shape index (κ1) is 8.53. The Morgan fingerprint density at radius 1 is 1.64 bits per heavy atom. The first-order valence-corrected chi connectivity index (χ1v) is 4.07. The Morgan fingerprint density at radius 2 is 2.36 bits per heavy atom. The van der Waals surface area contributed by atoms with E-state index in [0.717, 1.165) is 25.2 Å². The first-order chi connectivity index (χ1) is 5.08. The lowest BCUT2D eigenvalue weighted by molar-refractivity contribution is 0.0848. The SMILES string of the molecule is CC(C)(O)CNC1=NCCC1. The Kier molecular flexibility index (Phi) is 2.49. The lowest BCUT2D eigenvalue weighted by Crippen LogP contribution is -2.37. The molecule has 0 saturated heterocycles. The van der Waals surface area contributed by atoms with Crippen LogP contribution in [-0.4, -0.2) is 29.6 Å². The number of rotatable bonds is 2. The third-order valence-corrected chi connectivity index (χ3v) is 1.60. The van der Waals surface area contributed by atoms with Crippen molar-refractivity contribution in [1.29, 1.82) is 0 Å². The molecule has 0 bridgehead atoms. The van der Waals surface area contributed by atoms with Gasteiger partial charge in [0.25, 0.3) is 0 Å². The zero-order valence-corrected chi connectivity index (χ0v) is 7.22. The molecular formula is C8H16N2O. The zero-order valence-electron chi connectivity index (χ0n) is 7.22. The lowest BCUT2D eigenvalue weighted by atomic mass is 10.1. The van der Waals surface area contributed by atoms with Gasteiger partial charge in [-0.15, -0.1) is 0 Å². The molecule has 1 aliphatic rings. The summed E-state index contributed by atoms with van der Waals surface area (Å²) in [5, 5.41) is 12.5. The Bertz CT molecular complexity index is 158. The molecule has 1 aliphatic heterocycles. The molecule has 2 N–H and O–H groups in total. The monoisotopic (exact) mass is 156 g/mol. The number of hydrogen-bond acceptors (Lipinski definition) is 3. The molecule has 0 aromatic heterocycles. The van der Waals surface area contributed by atoms with Gasteiger partial charge in [-0.3, -0.25) is 4.99 Å². The molecule has 11 heavy (non-hydrogen) atoms. The summed E-state index contributed by atoms with van der Waals surface area (Å²) in [6.07, 6.45) is 2.18. The first-order valence-electron chi connectivity index (χ1n) is 4.07. The Labute approximate surface area is 67.5 Å². The Morgan fingerprint density at radius 3 is 2.82 bits per heavy atom. The predicted octanol–water partition coefficient (Wildman–Crippen LogP) is 0.539. The van der Waals surface area contributed by atoms with Gasteiger partial charge in [-0.2, -0.15) is 0 Å². The van der Waals surface area contributed by atoms with Crippen molar-refractivity contribution in [2.45, 2.75) is 32.3 Å². The Hall–Kier alpha value is -0.570. The van der Waals surface area contributed by atoms with Crippen LogP contribution in [0.2, 0.25) is 0 Å². The number of amidine groups is 1. The number of nitrogens with one attached hydrogen (secondary N) is 1. The van der Waals surface area contributed by atoms with Crippen molar-refractivity contribution < 1.29 is 5.11 Å². The van der Waals surface area contributed by atoms with Gasteiger partial charge < -0.3 is 10.4 Å². The molecule has 0 unspecified atom stereocenters. The molecule has 0 aromatic carbocycles. The van der Waals surface area contributed by atoms with E-state index in [1.54, 1.807) is 13.8 Å². The fraction of sp³-hybridized carbons (Fsp3) is 0.875. The second-order valence-electron chi connectivity index (χ2n) is 3.60. The van der Waals surface area contributed by atoms with E-state index in [0.29, 0.717) is 6.54 Å². The van der Waals surface area contributed by atoms with Crippen LogP contribution in [0.25, 0.3) is 0 Å². The fourth-order valence-corrected chi connectivity index (χ4v) is 1.00. The minimum atomic E-state index is -0.634. The quantitative estimate of drug-likeness (QED) is 0.613. The van der Waals surface area contributed by atoms with Crippen molar-refractivity contribution in [2.75, 3.05) is 13.1 Å². The fourth-order valence-electron chi connectivity index (χ4n) is 1.00. The minimum Gasteiger partial charge on any atom is -0.389 e. The van der Waals surface area contributed by atoms with Gasteiger partial charge in [0.15, 0.2) is 0 Å². The summed E-state index contributed by atoms with van der Waals surface area (Å²) in [6.45, 7) is 5.10. The highest BCUT2D eigenvalue weighted by Crippen LogP contribution is 2.03. The molecule has 1 heterocycles. The minimum absolute atomic E-state index is 0.589. The van der Waals surface area contributed by atoms with Crippen LogP contribution in [0.15, 0.2) is 4.99 Å². The van der Waals surface area contributed by atoms with E-state index in [9.17, 15) is 5.11 Å². The molecule has 0 aromatic rings. The highest BCUT2D eigenvalue weighted by Gasteiger charge is 2.13. The summed E-state index contributed by atoms with van der Waals surface area (Å²) in [6, 6.07) is 0. The third-order valence-electron chi connectivity index (χ3n) is 1.60. The highest BCUT2D eigenvalue weighted by molar-refractivity contribution is 5.83. The van der Waals surface area contributed by atoms with Crippen molar-refractivity contribution in [1.82, 2.24) is 5.32 Å². The van der Waals surface area contributed by atoms with Crippen molar-refractivity contribution in [3.8, 4) is 0 Å². The van der Waals surface area contributed by atoms with Gasteiger partial charge in [0.05, 0.1) is 11.4 Å². The van der Waals surface area contributed by atoms with Crippen molar-refractivity contribution in [3.05, 3.63) is 0 Å². The second-order valence-corrected chi connectivity index (χ2v) is 3.60. The maximum atomic E-state index is 9.36. The summed E-state index contributed by atoms with van der Waals surface area (Å²) in [4.78, 5) is 4.23. The van der Waals surface area contributed by atoms with Crippen LogP contribution in [-0.2, 0) is 0 Å². The van der Waals surface area contributed by atoms with Crippen LogP contribution < -0.4 is 5.32 Å². The van der Waals surface area contributed by atoms with E-state index in [4.69, 9.17) is 0 Å². The molecule has 64 valence electrons.